The van der Waals surface area contributed by atoms with Gasteiger partial charge in [0.1, 0.15) is 26.9 Å². The second-order valence-electron chi connectivity index (χ2n) is 12.8. The first-order valence-electron chi connectivity index (χ1n) is 15.2. The molecule has 2 fully saturated rings. The molecule has 12 nitrogen and oxygen atoms in total. The maximum atomic E-state index is 12.3. The molecule has 1 aliphatic heterocycles. The van der Waals surface area contributed by atoms with E-state index in [4.69, 9.17) is 10.8 Å². The smallest absolute Gasteiger partial charge is 0.433 e. The van der Waals surface area contributed by atoms with Crippen molar-refractivity contribution in [1.29, 1.82) is 0 Å². The number of nitrogens with one attached hydrogen (secondary N) is 3. The summed E-state index contributed by atoms with van der Waals surface area (Å²) < 4.78 is 32.0. The van der Waals surface area contributed by atoms with Crippen molar-refractivity contribution in [2.75, 3.05) is 10.6 Å². The summed E-state index contributed by atoms with van der Waals surface area (Å²) in [4.78, 5) is 21.1. The van der Waals surface area contributed by atoms with E-state index in [9.17, 15) is 33.5 Å². The fourth-order valence-corrected chi connectivity index (χ4v) is 9.38. The van der Waals surface area contributed by atoms with Crippen LogP contribution in [0, 0.1) is 39.7 Å². The second-order valence-corrected chi connectivity index (χ2v) is 14.5. The van der Waals surface area contributed by atoms with Crippen molar-refractivity contribution in [3.63, 3.8) is 0 Å². The lowest BCUT2D eigenvalue weighted by molar-refractivity contribution is -0.402. The van der Waals surface area contributed by atoms with Crippen LogP contribution in [0.1, 0.15) is 74.9 Å². The number of aryl methyl sites for hydroxylation is 1. The van der Waals surface area contributed by atoms with Gasteiger partial charge in [-0.05, 0) is 104 Å². The van der Waals surface area contributed by atoms with Gasteiger partial charge in [0.15, 0.2) is 6.17 Å². The van der Waals surface area contributed by atoms with E-state index in [2.05, 4.69) is 34.3 Å². The van der Waals surface area contributed by atoms with Gasteiger partial charge in [-0.1, -0.05) is 18.9 Å². The number of hydrogen-bond donors (Lipinski definition) is 5. The number of carbonyl (C=O) groups is 1. The Kier molecular flexibility index (Phi) is 7.87. The molecule has 46 heavy (non-hydrogen) atoms. The quantitative estimate of drug-likeness (QED) is 0.145. The third kappa shape index (κ3) is 5.40. The number of rotatable bonds is 3. The minimum absolute atomic E-state index is 0.00564. The van der Waals surface area contributed by atoms with Gasteiger partial charge in [0.2, 0.25) is 15.9 Å². The molecule has 13 heteroatoms. The van der Waals surface area contributed by atoms with Gasteiger partial charge >= 0.3 is 5.88 Å². The lowest BCUT2D eigenvalue weighted by atomic mass is 9.53. The summed E-state index contributed by atoms with van der Waals surface area (Å²) in [6, 6.07) is 12.6. The minimum Gasteiger partial charge on any atom is -0.508 e. The Morgan fingerprint density at radius 2 is 1.93 bits per heavy atom. The van der Waals surface area contributed by atoms with E-state index in [1.807, 2.05) is 12.1 Å². The summed E-state index contributed by atoms with van der Waals surface area (Å²) in [5.74, 6) is 4.06. The summed E-state index contributed by atoms with van der Waals surface area (Å²) in [5.41, 5.74) is 2.34. The molecule has 1 aromatic heterocycles. The molecule has 4 aliphatic rings. The van der Waals surface area contributed by atoms with Crippen LogP contribution in [0.4, 0.5) is 17.3 Å². The Morgan fingerprint density at radius 1 is 1.15 bits per heavy atom. The zero-order valence-corrected chi connectivity index (χ0v) is 26.3. The summed E-state index contributed by atoms with van der Waals surface area (Å²) in [5, 5.41) is 36.7. The number of phenolic OH excluding ortho intramolecular Hbond substituents is 1. The highest BCUT2D eigenvalue weighted by Crippen LogP contribution is 2.64. The first-order chi connectivity index (χ1) is 21.7. The van der Waals surface area contributed by atoms with Gasteiger partial charge < -0.3 is 25.3 Å². The van der Waals surface area contributed by atoms with Crippen LogP contribution in [0.2, 0.25) is 0 Å². The van der Waals surface area contributed by atoms with Crippen molar-refractivity contribution < 1.29 is 32.8 Å². The number of furan rings is 1. The van der Waals surface area contributed by atoms with E-state index in [-0.39, 0.29) is 27.7 Å². The van der Waals surface area contributed by atoms with Crippen LogP contribution in [0.5, 0.6) is 5.75 Å². The molecule has 2 heterocycles. The van der Waals surface area contributed by atoms with E-state index in [1.54, 1.807) is 0 Å². The number of nitro groups is 1. The maximum Gasteiger partial charge on any atom is 0.433 e. The zero-order chi connectivity index (χ0) is 33.0. The van der Waals surface area contributed by atoms with E-state index in [0.717, 1.165) is 44.6 Å². The monoisotopic (exact) mass is 648 g/mol. The van der Waals surface area contributed by atoms with Gasteiger partial charge in [-0.25, -0.2) is 8.42 Å². The number of carbonyl (C=O) groups excluding carboxylic acids is 1. The van der Waals surface area contributed by atoms with Crippen molar-refractivity contribution >= 4 is 33.2 Å². The van der Waals surface area contributed by atoms with Gasteiger partial charge in [0, 0.05) is 18.0 Å². The first kappa shape index (κ1) is 31.6. The number of nitrogens with zero attached hydrogens (tertiary/aromatic N) is 1. The highest BCUT2D eigenvalue weighted by atomic mass is 32.2. The summed E-state index contributed by atoms with van der Waals surface area (Å²) >= 11 is 0. The number of terminal acetylenes is 1. The van der Waals surface area contributed by atoms with Crippen LogP contribution < -0.4 is 15.4 Å². The molecule has 3 aliphatic carbocycles. The SMILES string of the molecule is C#CC1(O)CC[C@H]2[C@@H]3CCc4cc(O)ccc4[C@H]3CC[C@@]21C.CC(=O)Nc1ccc2c(c1)NC(c1ccc([N+](=O)[O-])o1)NS2(=O)=O. The van der Waals surface area contributed by atoms with Crippen LogP contribution in [0.3, 0.4) is 0 Å². The Labute approximate surface area is 266 Å². The molecule has 1 amide bonds. The number of hydrogen-bond acceptors (Lipinski definition) is 9. The molecular weight excluding hydrogens is 612 g/mol. The average molecular weight is 649 g/mol. The molecule has 3 aromatic rings. The lowest BCUT2D eigenvalue weighted by Crippen LogP contribution is -2.50. The molecule has 0 bridgehead atoms. The molecule has 5 N–H and O–H groups in total. The Balaban J connectivity index is 0.000000162. The minimum atomic E-state index is -3.85. The van der Waals surface area contributed by atoms with Gasteiger partial charge in [-0.3, -0.25) is 14.9 Å². The van der Waals surface area contributed by atoms with Crippen LogP contribution >= 0.6 is 0 Å². The summed E-state index contributed by atoms with van der Waals surface area (Å²) in [7, 11) is -3.85. The van der Waals surface area contributed by atoms with Crippen LogP contribution in [0.15, 0.2) is 57.8 Å². The highest BCUT2D eigenvalue weighted by Gasteiger charge is 2.61. The summed E-state index contributed by atoms with van der Waals surface area (Å²) in [6.07, 6.45) is 10.8. The molecule has 0 spiro atoms. The normalized spacial score (nSPS) is 30.0. The number of aromatic hydroxyl groups is 1. The number of aliphatic hydroxyl groups is 1. The van der Waals surface area contributed by atoms with Crippen LogP contribution in [0.25, 0.3) is 0 Å². The topological polar surface area (TPSA) is 184 Å². The van der Waals surface area contributed by atoms with E-state index < -0.39 is 32.6 Å². The van der Waals surface area contributed by atoms with Crippen molar-refractivity contribution in [3.05, 3.63) is 75.5 Å². The molecule has 0 saturated heterocycles. The third-order valence-corrected chi connectivity index (χ3v) is 11.8. The van der Waals surface area contributed by atoms with Gasteiger partial charge in [-0.15, -0.1) is 6.42 Å². The predicted molar refractivity (Wildman–Crippen MR) is 169 cm³/mol. The third-order valence-electron chi connectivity index (χ3n) is 10.3. The molecule has 2 unspecified atom stereocenters. The molecule has 2 saturated carbocycles. The fraction of sp³-hybridized carbons (Fsp3) is 0.424. The highest BCUT2D eigenvalue weighted by molar-refractivity contribution is 7.89. The number of benzene rings is 2. The molecular formula is C33H36N4O8S. The number of sulfonamides is 1. The first-order valence-corrected chi connectivity index (χ1v) is 16.7. The number of anilines is 2. The lowest BCUT2D eigenvalue weighted by Gasteiger charge is -2.52. The van der Waals surface area contributed by atoms with E-state index >= 15 is 0 Å². The maximum absolute atomic E-state index is 12.3. The average Bonchev–Trinajstić information content (AvgIpc) is 3.60. The number of phenols is 1. The molecule has 6 atom stereocenters. The Hall–Kier alpha value is -4.38. The van der Waals surface area contributed by atoms with Crippen molar-refractivity contribution in [2.24, 2.45) is 17.3 Å². The van der Waals surface area contributed by atoms with Gasteiger partial charge in [0.05, 0.1) is 11.8 Å². The molecule has 0 radical (unpaired) electrons. The largest absolute Gasteiger partial charge is 0.508 e. The van der Waals surface area contributed by atoms with Crippen LogP contribution in [-0.4, -0.2) is 35.1 Å². The summed E-state index contributed by atoms with van der Waals surface area (Å²) in [6.45, 7) is 3.54. The van der Waals surface area contributed by atoms with Crippen molar-refractivity contribution in [1.82, 2.24) is 4.72 Å². The van der Waals surface area contributed by atoms with Crippen LogP contribution in [-0.2, 0) is 21.2 Å². The molecule has 242 valence electrons. The van der Waals surface area contributed by atoms with Crippen molar-refractivity contribution in [3.8, 4) is 18.1 Å². The second kappa shape index (κ2) is 11.5. The van der Waals surface area contributed by atoms with Gasteiger partial charge in [0.25, 0.3) is 0 Å². The predicted octanol–water partition coefficient (Wildman–Crippen LogP) is 5.16. The Morgan fingerprint density at radius 3 is 2.63 bits per heavy atom. The molecule has 2 aromatic carbocycles. The Bertz CT molecular complexity index is 1870. The van der Waals surface area contributed by atoms with Crippen molar-refractivity contribution in [2.45, 2.75) is 75.0 Å². The number of fused-ring (bicyclic) bond motifs is 6. The number of amides is 1. The van der Waals surface area contributed by atoms with E-state index in [0.29, 0.717) is 29.2 Å². The zero-order valence-electron chi connectivity index (χ0n) is 25.4. The fourth-order valence-electron chi connectivity index (χ4n) is 8.11. The molecule has 7 rings (SSSR count). The van der Waals surface area contributed by atoms with E-state index in [1.165, 1.54) is 42.3 Å². The standard InChI is InChI=1S/C20H24O2.C13H12N4O6S/c1-3-20(22)11-9-18-17-6-4-13-12-14(21)5-7-15(13)16(17)8-10-19(18,20)2;1-7(18)14-8-2-4-11-9(6-8)15-13(16-24(11,21)22)10-3-5-12(23-10)17(19)20/h1,5,7,12,16-18,21-22H,4,6,8-11H2,2H3;2-6,13,15-16H,1H3,(H,14,18)/t16-,17-,18+,19+,20?;/m1./s1. The van der Waals surface area contributed by atoms with Gasteiger partial charge in [-0.2, -0.15) is 4.72 Å².